The van der Waals surface area contributed by atoms with Gasteiger partial charge in [-0.15, -0.1) is 0 Å². The molecular formula is C45H73N2+. The van der Waals surface area contributed by atoms with Crippen LogP contribution in [0.3, 0.4) is 0 Å². The molecule has 2 aromatic carbocycles. The summed E-state index contributed by atoms with van der Waals surface area (Å²) < 4.78 is 5.05. The monoisotopic (exact) mass is 642 g/mol. The van der Waals surface area contributed by atoms with Gasteiger partial charge in [0, 0.05) is 5.41 Å². The molecule has 1 aromatic heterocycles. The Hall–Kier alpha value is -2.35. The van der Waals surface area contributed by atoms with Gasteiger partial charge in [0.25, 0.3) is 0 Å². The van der Waals surface area contributed by atoms with E-state index in [1.165, 1.54) is 159 Å². The largest absolute Gasteiger partial charge is 0.244 e. The molecule has 0 saturated heterocycles. The van der Waals surface area contributed by atoms with E-state index in [0.29, 0.717) is 6.04 Å². The lowest BCUT2D eigenvalue weighted by Crippen LogP contribution is -2.38. The second-order valence-electron chi connectivity index (χ2n) is 14.9. The molecule has 262 valence electrons. The zero-order valence-corrected chi connectivity index (χ0v) is 31.2. The van der Waals surface area contributed by atoms with E-state index in [4.69, 9.17) is 0 Å². The van der Waals surface area contributed by atoms with Crippen molar-refractivity contribution >= 4 is 0 Å². The number of aromatic nitrogens is 2. The minimum absolute atomic E-state index is 0.00957. The number of benzene rings is 2. The van der Waals surface area contributed by atoms with E-state index in [2.05, 4.69) is 109 Å². The number of hydrogen-bond donors (Lipinski definition) is 0. The van der Waals surface area contributed by atoms with Gasteiger partial charge in [0.15, 0.2) is 0 Å². The second-order valence-corrected chi connectivity index (χ2v) is 14.9. The summed E-state index contributed by atoms with van der Waals surface area (Å²) in [6, 6.07) is 23.0. The molecular weight excluding hydrogens is 569 g/mol. The molecule has 1 heterocycles. The normalized spacial score (nSPS) is 13.5. The predicted molar refractivity (Wildman–Crippen MR) is 205 cm³/mol. The third kappa shape index (κ3) is 15.6. The average Bonchev–Trinajstić information content (AvgIpc) is 3.56. The Morgan fingerprint density at radius 3 is 1.51 bits per heavy atom. The molecule has 0 fully saturated rings. The first-order valence-corrected chi connectivity index (χ1v) is 20.3. The Kier molecular flexibility index (Phi) is 20.6. The van der Waals surface area contributed by atoms with E-state index in [1.807, 2.05) is 0 Å². The van der Waals surface area contributed by atoms with Crippen LogP contribution in [-0.4, -0.2) is 4.57 Å². The molecule has 0 saturated carbocycles. The quantitative estimate of drug-likeness (QED) is 0.0527. The van der Waals surface area contributed by atoms with Crippen molar-refractivity contribution < 1.29 is 4.57 Å². The van der Waals surface area contributed by atoms with Crippen molar-refractivity contribution in [2.45, 2.75) is 193 Å². The molecule has 0 aliphatic heterocycles. The lowest BCUT2D eigenvalue weighted by molar-refractivity contribution is -0.697. The van der Waals surface area contributed by atoms with Crippen LogP contribution in [0.2, 0.25) is 0 Å². The van der Waals surface area contributed by atoms with E-state index in [9.17, 15) is 0 Å². The third-order valence-corrected chi connectivity index (χ3v) is 10.8. The fraction of sp³-hybridized carbons (Fsp3) is 0.667. The molecule has 0 aliphatic rings. The van der Waals surface area contributed by atoms with Gasteiger partial charge in [-0.25, -0.2) is 9.13 Å². The molecule has 0 aliphatic carbocycles. The third-order valence-electron chi connectivity index (χ3n) is 10.8. The molecule has 0 amide bonds. The molecule has 0 N–H and O–H groups in total. The van der Waals surface area contributed by atoms with Crippen LogP contribution in [0.1, 0.15) is 186 Å². The smallest absolute Gasteiger partial charge is 0.237 e. The standard InChI is InChI=1S/C45H73N2/c1-4-6-8-10-12-14-15-16-17-18-19-21-23-31-37-46-38-39-47(41-46)44(36-30-22-20-13-11-9-7-5-2)45(3,43-34-28-25-29-35-43)40-42-32-26-24-27-33-42/h24-29,32-35,38-39,41,44H,4-23,30-31,36-37,40H2,1-3H3/q+1. The van der Waals surface area contributed by atoms with Crippen molar-refractivity contribution in [3.05, 3.63) is 90.5 Å². The first-order chi connectivity index (χ1) is 23.2. The van der Waals surface area contributed by atoms with Gasteiger partial charge in [-0.3, -0.25) is 0 Å². The zero-order valence-electron chi connectivity index (χ0n) is 31.2. The first kappa shape index (κ1) is 39.1. The number of aryl methyl sites for hydroxylation is 1. The van der Waals surface area contributed by atoms with Crippen LogP contribution in [-0.2, 0) is 18.4 Å². The van der Waals surface area contributed by atoms with Crippen molar-refractivity contribution in [1.82, 2.24) is 4.57 Å². The maximum absolute atomic E-state index is 2.58. The van der Waals surface area contributed by atoms with Gasteiger partial charge in [0.05, 0.1) is 6.54 Å². The van der Waals surface area contributed by atoms with E-state index in [1.54, 1.807) is 0 Å². The summed E-state index contributed by atoms with van der Waals surface area (Å²) in [7, 11) is 0. The van der Waals surface area contributed by atoms with E-state index < -0.39 is 0 Å². The van der Waals surface area contributed by atoms with Gasteiger partial charge < -0.3 is 0 Å². The minimum Gasteiger partial charge on any atom is -0.237 e. The van der Waals surface area contributed by atoms with Crippen LogP contribution < -0.4 is 4.57 Å². The van der Waals surface area contributed by atoms with E-state index >= 15 is 0 Å². The molecule has 3 aromatic rings. The maximum atomic E-state index is 2.58. The summed E-state index contributed by atoms with van der Waals surface area (Å²) in [4.78, 5) is 0. The Labute approximate surface area is 291 Å². The van der Waals surface area contributed by atoms with Gasteiger partial charge in [0.1, 0.15) is 18.4 Å². The summed E-state index contributed by atoms with van der Waals surface area (Å²) in [6.45, 7) is 8.28. The number of hydrogen-bond acceptors (Lipinski definition) is 0. The van der Waals surface area contributed by atoms with Crippen molar-refractivity contribution in [2.75, 3.05) is 0 Å². The van der Waals surface area contributed by atoms with Crippen molar-refractivity contribution in [3.63, 3.8) is 0 Å². The highest BCUT2D eigenvalue weighted by atomic mass is 15.1. The number of imidazole rings is 1. The second kappa shape index (κ2) is 24.7. The molecule has 2 heteroatoms. The van der Waals surface area contributed by atoms with E-state index in [0.717, 1.165) is 13.0 Å². The lowest BCUT2D eigenvalue weighted by Gasteiger charge is -2.37. The van der Waals surface area contributed by atoms with Crippen LogP contribution in [0.4, 0.5) is 0 Å². The minimum atomic E-state index is 0.00957. The van der Waals surface area contributed by atoms with Gasteiger partial charge in [0.2, 0.25) is 6.33 Å². The maximum Gasteiger partial charge on any atom is 0.244 e. The van der Waals surface area contributed by atoms with Gasteiger partial charge in [-0.1, -0.05) is 203 Å². The molecule has 2 nitrogen and oxygen atoms in total. The Balaban J connectivity index is 1.53. The summed E-state index contributed by atoms with van der Waals surface area (Å²) in [5.74, 6) is 0. The zero-order chi connectivity index (χ0) is 33.3. The fourth-order valence-electron chi connectivity index (χ4n) is 7.74. The first-order valence-electron chi connectivity index (χ1n) is 20.3. The molecule has 0 bridgehead atoms. The highest BCUT2D eigenvalue weighted by molar-refractivity contribution is 5.30. The van der Waals surface area contributed by atoms with E-state index in [-0.39, 0.29) is 5.41 Å². The molecule has 47 heavy (non-hydrogen) atoms. The predicted octanol–water partition coefficient (Wildman–Crippen LogP) is 13.5. The Morgan fingerprint density at radius 1 is 0.553 bits per heavy atom. The summed E-state index contributed by atoms with van der Waals surface area (Å²) >= 11 is 0. The summed E-state index contributed by atoms with van der Waals surface area (Å²) in [6.07, 6.45) is 40.2. The average molecular weight is 642 g/mol. The van der Waals surface area contributed by atoms with Gasteiger partial charge in [-0.05, 0) is 43.2 Å². The van der Waals surface area contributed by atoms with Gasteiger partial charge >= 0.3 is 0 Å². The molecule has 0 spiro atoms. The topological polar surface area (TPSA) is 8.81 Å². The molecule has 2 unspecified atom stereocenters. The summed E-state index contributed by atoms with van der Waals surface area (Å²) in [5.41, 5.74) is 2.90. The van der Waals surface area contributed by atoms with Crippen LogP contribution in [0, 0.1) is 0 Å². The van der Waals surface area contributed by atoms with Crippen molar-refractivity contribution in [2.24, 2.45) is 0 Å². The Bertz CT molecular complexity index is 1120. The SMILES string of the molecule is CCCCCCCCCCCCCCCC[n+]1ccn(C(CCCCCCCCCC)C(C)(Cc2ccccc2)c2ccccc2)c1. The van der Waals surface area contributed by atoms with Gasteiger partial charge in [-0.2, -0.15) is 0 Å². The number of rotatable bonds is 29. The van der Waals surface area contributed by atoms with Crippen LogP contribution in [0.5, 0.6) is 0 Å². The molecule has 2 atom stereocenters. The molecule has 0 radical (unpaired) electrons. The van der Waals surface area contributed by atoms with Crippen molar-refractivity contribution in [1.29, 1.82) is 0 Å². The molecule has 3 rings (SSSR count). The highest BCUT2D eigenvalue weighted by Gasteiger charge is 2.40. The highest BCUT2D eigenvalue weighted by Crippen LogP contribution is 2.41. The lowest BCUT2D eigenvalue weighted by atomic mass is 9.70. The fourth-order valence-corrected chi connectivity index (χ4v) is 7.74. The summed E-state index contributed by atoms with van der Waals surface area (Å²) in [5, 5.41) is 0. The van der Waals surface area contributed by atoms with Crippen LogP contribution >= 0.6 is 0 Å². The number of nitrogens with zero attached hydrogens (tertiary/aromatic N) is 2. The Morgan fingerprint density at radius 2 is 1.00 bits per heavy atom. The number of unbranched alkanes of at least 4 members (excludes halogenated alkanes) is 20. The van der Waals surface area contributed by atoms with Crippen LogP contribution in [0.15, 0.2) is 79.4 Å². The van der Waals surface area contributed by atoms with Crippen molar-refractivity contribution in [3.8, 4) is 0 Å². The van der Waals surface area contributed by atoms with Crippen LogP contribution in [0.25, 0.3) is 0 Å².